The Morgan fingerprint density at radius 2 is 1.95 bits per heavy atom. The highest BCUT2D eigenvalue weighted by Crippen LogP contribution is 2.35. The smallest absolute Gasteiger partial charge is 0.255 e. The van der Waals surface area contributed by atoms with Crippen molar-refractivity contribution in [3.05, 3.63) is 107 Å². The van der Waals surface area contributed by atoms with Crippen LogP contribution in [0.1, 0.15) is 65.5 Å². The van der Waals surface area contributed by atoms with E-state index in [4.69, 9.17) is 11.6 Å². The number of aliphatic imine (C=N–C) groups is 1. The lowest BCUT2D eigenvalue weighted by atomic mass is 10.1. The van der Waals surface area contributed by atoms with E-state index >= 15 is 0 Å². The van der Waals surface area contributed by atoms with Crippen LogP contribution in [-0.2, 0) is 6.54 Å². The van der Waals surface area contributed by atoms with Crippen LogP contribution in [0, 0.1) is 5.82 Å². The van der Waals surface area contributed by atoms with Crippen molar-refractivity contribution in [2.75, 3.05) is 5.32 Å². The molecule has 1 atom stereocenters. The average molecular weight is 575 g/mol. The van der Waals surface area contributed by atoms with Gasteiger partial charge in [0, 0.05) is 32.8 Å². The molecule has 0 aliphatic rings. The molecule has 4 aromatic rings. The zero-order valence-electron chi connectivity index (χ0n) is 22.6. The van der Waals surface area contributed by atoms with E-state index in [1.807, 2.05) is 31.3 Å². The normalized spacial score (nSPS) is 11.9. The van der Waals surface area contributed by atoms with E-state index in [-0.39, 0.29) is 17.8 Å². The Morgan fingerprint density at radius 1 is 1.15 bits per heavy atom. The summed E-state index contributed by atoms with van der Waals surface area (Å²) >= 11 is 7.96. The molecule has 0 saturated heterocycles. The van der Waals surface area contributed by atoms with E-state index in [0.717, 1.165) is 51.4 Å². The number of carbonyl (C=O) groups is 1. The molecule has 8 heteroatoms. The lowest BCUT2D eigenvalue weighted by molar-refractivity contribution is 0.0940. The summed E-state index contributed by atoms with van der Waals surface area (Å²) in [6.07, 6.45) is 6.74. The van der Waals surface area contributed by atoms with Crippen LogP contribution in [0.15, 0.2) is 84.5 Å². The van der Waals surface area contributed by atoms with Crippen molar-refractivity contribution in [2.45, 2.75) is 45.7 Å². The summed E-state index contributed by atoms with van der Waals surface area (Å²) in [5.41, 5.74) is 3.92. The third kappa shape index (κ3) is 7.64. The van der Waals surface area contributed by atoms with Gasteiger partial charge in [-0.05, 0) is 79.4 Å². The van der Waals surface area contributed by atoms with E-state index in [2.05, 4.69) is 46.2 Å². The second kappa shape index (κ2) is 14.0. The van der Waals surface area contributed by atoms with Gasteiger partial charge in [0.15, 0.2) is 0 Å². The first-order chi connectivity index (χ1) is 19.4. The van der Waals surface area contributed by atoms with Crippen LogP contribution >= 0.6 is 22.9 Å². The molecule has 206 valence electrons. The van der Waals surface area contributed by atoms with Crippen LogP contribution in [0.5, 0.6) is 0 Å². The number of nitrogens with one attached hydrogen (secondary N) is 2. The molecular weight excluding hydrogens is 543 g/mol. The number of amides is 1. The molecule has 0 saturated carbocycles. The van der Waals surface area contributed by atoms with Gasteiger partial charge < -0.3 is 10.6 Å². The minimum atomic E-state index is -0.313. The Morgan fingerprint density at radius 3 is 2.70 bits per heavy atom. The first kappa shape index (κ1) is 29.2. The summed E-state index contributed by atoms with van der Waals surface area (Å²) in [4.78, 5) is 24.2. The molecule has 1 unspecified atom stereocenters. The first-order valence-corrected chi connectivity index (χ1v) is 14.4. The van der Waals surface area contributed by atoms with E-state index in [1.54, 1.807) is 41.8 Å². The number of thiophene rings is 1. The van der Waals surface area contributed by atoms with Crippen LogP contribution in [0.25, 0.3) is 15.5 Å². The van der Waals surface area contributed by atoms with Gasteiger partial charge in [0.1, 0.15) is 11.6 Å². The second-order valence-electron chi connectivity index (χ2n) is 9.36. The zero-order valence-corrected chi connectivity index (χ0v) is 24.2. The van der Waals surface area contributed by atoms with E-state index in [0.29, 0.717) is 23.0 Å². The monoisotopic (exact) mass is 574 g/mol. The standard InChI is InChI=1S/C32H32ClFN4OS/c1-4-5-6-17-35-29-15-11-24(19-28(29)21(2)33)30-16-14-26(40-30)20-37-31-27(8-7-18-36-31)32(39)38-22(3)23-9-12-25(34)13-10-23/h7-19,22H,2,4-6,20H2,1,3H3,(H,36,37)(H,38,39). The summed E-state index contributed by atoms with van der Waals surface area (Å²) < 4.78 is 13.3. The molecule has 4 rings (SSSR count). The van der Waals surface area contributed by atoms with Crippen LogP contribution in [0.2, 0.25) is 0 Å². The third-order valence-electron chi connectivity index (χ3n) is 6.35. The highest BCUT2D eigenvalue weighted by atomic mass is 35.5. The molecule has 0 fully saturated rings. The number of hydrogen-bond acceptors (Lipinski definition) is 5. The van der Waals surface area contributed by atoms with Gasteiger partial charge in [-0.15, -0.1) is 11.3 Å². The fraction of sp³-hybridized carbons (Fsp3) is 0.219. The molecule has 0 aliphatic heterocycles. The lowest BCUT2D eigenvalue weighted by Crippen LogP contribution is -2.27. The van der Waals surface area contributed by atoms with Gasteiger partial charge in [-0.1, -0.05) is 49.7 Å². The lowest BCUT2D eigenvalue weighted by Gasteiger charge is -2.16. The summed E-state index contributed by atoms with van der Waals surface area (Å²) in [5.74, 6) is -0.0791. The Hall–Kier alpha value is -3.81. The highest BCUT2D eigenvalue weighted by Gasteiger charge is 2.16. The van der Waals surface area contributed by atoms with E-state index in [1.165, 1.54) is 12.1 Å². The van der Waals surface area contributed by atoms with Gasteiger partial charge in [-0.2, -0.15) is 0 Å². The largest absolute Gasteiger partial charge is 0.365 e. The Labute approximate surface area is 243 Å². The summed E-state index contributed by atoms with van der Waals surface area (Å²) in [6, 6.07) is 19.4. The van der Waals surface area contributed by atoms with Crippen molar-refractivity contribution in [3.63, 3.8) is 0 Å². The Bertz CT molecular complexity index is 1500. The molecule has 1 amide bonds. The molecule has 2 aromatic carbocycles. The summed E-state index contributed by atoms with van der Waals surface area (Å²) in [7, 11) is 0. The number of pyridine rings is 1. The van der Waals surface area contributed by atoms with Crippen LogP contribution in [0.4, 0.5) is 15.9 Å². The number of carbonyl (C=O) groups excluding carboxylic acids is 1. The van der Waals surface area contributed by atoms with Gasteiger partial charge in [-0.25, -0.2) is 9.37 Å². The molecule has 0 aliphatic carbocycles. The van der Waals surface area contributed by atoms with Gasteiger partial charge in [0.2, 0.25) is 0 Å². The molecular formula is C32H32ClFN4OS. The minimum absolute atomic E-state index is 0.259. The van der Waals surface area contributed by atoms with Crippen molar-refractivity contribution in [3.8, 4) is 10.4 Å². The molecule has 2 N–H and O–H groups in total. The number of anilines is 1. The third-order valence-corrected chi connectivity index (χ3v) is 7.69. The fourth-order valence-electron chi connectivity index (χ4n) is 4.11. The van der Waals surface area contributed by atoms with Gasteiger partial charge in [-0.3, -0.25) is 9.79 Å². The Kier molecular flexibility index (Phi) is 10.2. The molecule has 0 bridgehead atoms. The zero-order chi connectivity index (χ0) is 28.5. The molecule has 2 aromatic heterocycles. The number of unbranched alkanes of at least 4 members (excludes halogenated alkanes) is 2. The number of halogens is 2. The molecule has 0 radical (unpaired) electrons. The van der Waals surface area contributed by atoms with Crippen molar-refractivity contribution in [1.29, 1.82) is 0 Å². The maximum atomic E-state index is 13.3. The van der Waals surface area contributed by atoms with Gasteiger partial charge in [0.25, 0.3) is 5.91 Å². The minimum Gasteiger partial charge on any atom is -0.365 e. The maximum absolute atomic E-state index is 13.3. The molecule has 2 heterocycles. The quantitative estimate of drug-likeness (QED) is 0.131. The van der Waals surface area contributed by atoms with Crippen molar-refractivity contribution < 1.29 is 9.18 Å². The van der Waals surface area contributed by atoms with E-state index in [9.17, 15) is 9.18 Å². The average Bonchev–Trinajstić information content (AvgIpc) is 3.44. The number of nitrogens with zero attached hydrogens (tertiary/aromatic N) is 2. The second-order valence-corrected chi connectivity index (χ2v) is 11.0. The van der Waals surface area contributed by atoms with Crippen molar-refractivity contribution in [1.82, 2.24) is 10.3 Å². The topological polar surface area (TPSA) is 66.4 Å². The van der Waals surface area contributed by atoms with Gasteiger partial charge >= 0.3 is 0 Å². The summed E-state index contributed by atoms with van der Waals surface area (Å²) in [6.45, 7) is 8.44. The van der Waals surface area contributed by atoms with Crippen molar-refractivity contribution in [2.24, 2.45) is 4.99 Å². The Balaban J connectivity index is 1.44. The van der Waals surface area contributed by atoms with Crippen LogP contribution in [-0.4, -0.2) is 17.1 Å². The number of benzene rings is 2. The summed E-state index contributed by atoms with van der Waals surface area (Å²) in [5, 5.41) is 6.73. The van der Waals surface area contributed by atoms with Crippen molar-refractivity contribution >= 4 is 51.6 Å². The predicted molar refractivity (Wildman–Crippen MR) is 166 cm³/mol. The maximum Gasteiger partial charge on any atom is 0.255 e. The highest BCUT2D eigenvalue weighted by molar-refractivity contribution is 7.15. The number of rotatable bonds is 12. The number of hydrogen-bond donors (Lipinski definition) is 2. The SMILES string of the molecule is C=C(Cl)c1cc(-c2ccc(CNc3ncccc3C(=O)NC(C)c3ccc(F)cc3)s2)ccc1N=CCCCC. The number of aromatic nitrogens is 1. The van der Waals surface area contributed by atoms with Crippen LogP contribution < -0.4 is 10.6 Å². The molecule has 40 heavy (non-hydrogen) atoms. The van der Waals surface area contributed by atoms with Crippen LogP contribution in [0.3, 0.4) is 0 Å². The predicted octanol–water partition coefficient (Wildman–Crippen LogP) is 9.15. The van der Waals surface area contributed by atoms with E-state index < -0.39 is 0 Å². The molecule has 0 spiro atoms. The molecule has 5 nitrogen and oxygen atoms in total. The first-order valence-electron chi connectivity index (χ1n) is 13.2. The fourth-order valence-corrected chi connectivity index (χ4v) is 5.21. The van der Waals surface area contributed by atoms with Gasteiger partial charge in [0.05, 0.1) is 23.8 Å².